The summed E-state index contributed by atoms with van der Waals surface area (Å²) in [5.74, 6) is -0.777. The Labute approximate surface area is 160 Å². The molecule has 3 aromatic carbocycles. The van der Waals surface area contributed by atoms with Crippen LogP contribution in [0.2, 0.25) is 0 Å². The zero-order valence-electron chi connectivity index (χ0n) is 15.9. The van der Waals surface area contributed by atoms with Crippen molar-refractivity contribution in [3.05, 3.63) is 83.9 Å². The Morgan fingerprint density at radius 2 is 1.74 bits per heavy atom. The van der Waals surface area contributed by atoms with Crippen LogP contribution in [0, 0.1) is 0 Å². The van der Waals surface area contributed by atoms with E-state index in [0.29, 0.717) is 6.42 Å². The Balaban J connectivity index is 2.07. The third-order valence-corrected chi connectivity index (χ3v) is 5.10. The van der Waals surface area contributed by atoms with Crippen molar-refractivity contribution in [1.82, 2.24) is 0 Å². The fourth-order valence-corrected chi connectivity index (χ4v) is 3.82. The first-order chi connectivity index (χ1) is 13.0. The van der Waals surface area contributed by atoms with Crippen LogP contribution >= 0.6 is 0 Å². The number of carbonyl (C=O) groups is 1. The van der Waals surface area contributed by atoms with E-state index in [1.807, 2.05) is 49.5 Å². The van der Waals surface area contributed by atoms with Crippen LogP contribution in [0.5, 0.6) is 0 Å². The Morgan fingerprint density at radius 3 is 2.44 bits per heavy atom. The average Bonchev–Trinajstić information content (AvgIpc) is 2.67. The largest absolute Gasteiger partial charge is 0.481 e. The van der Waals surface area contributed by atoms with E-state index >= 15 is 0 Å². The van der Waals surface area contributed by atoms with Crippen LogP contribution in [0.25, 0.3) is 16.8 Å². The molecule has 3 rings (SSSR count). The van der Waals surface area contributed by atoms with E-state index < -0.39 is 11.4 Å². The van der Waals surface area contributed by atoms with Gasteiger partial charge < -0.3 is 10.4 Å². The summed E-state index contributed by atoms with van der Waals surface area (Å²) in [4.78, 5) is 11.7. The first-order valence-corrected chi connectivity index (χ1v) is 9.28. The third kappa shape index (κ3) is 4.26. The number of hydrogen-bond acceptors (Lipinski definition) is 1. The predicted octanol–water partition coefficient (Wildman–Crippen LogP) is 4.50. The number of nitrogens with two attached hydrogens (primary N) is 1. The molecule has 0 radical (unpaired) electrons. The van der Waals surface area contributed by atoms with Crippen molar-refractivity contribution in [2.24, 2.45) is 0 Å². The smallest absolute Gasteiger partial charge is 0.304 e. The lowest BCUT2D eigenvalue weighted by atomic mass is 9.73. The third-order valence-electron chi connectivity index (χ3n) is 5.10. The van der Waals surface area contributed by atoms with Crippen molar-refractivity contribution in [2.45, 2.75) is 25.2 Å². The number of carboxylic acids is 1. The highest BCUT2D eigenvalue weighted by molar-refractivity contribution is 5.90. The minimum Gasteiger partial charge on any atom is -0.481 e. The molecule has 0 saturated heterocycles. The number of aliphatic carboxylic acids is 1. The van der Waals surface area contributed by atoms with Crippen molar-refractivity contribution in [1.29, 1.82) is 0 Å². The van der Waals surface area contributed by atoms with Gasteiger partial charge in [-0.1, -0.05) is 73.7 Å². The van der Waals surface area contributed by atoms with Crippen molar-refractivity contribution in [2.75, 3.05) is 7.05 Å². The van der Waals surface area contributed by atoms with Gasteiger partial charge in [0.05, 0.1) is 13.5 Å². The molecular formula is C24H26NO2+. The molecule has 3 nitrogen and oxygen atoms in total. The number of carboxylic acid groups (broad SMARTS) is 1. The minimum absolute atomic E-state index is 0.0843. The summed E-state index contributed by atoms with van der Waals surface area (Å²) >= 11 is 0. The average molecular weight is 360 g/mol. The SMILES string of the molecule is C[NH2+]c1ccc2ccccc2c1C(C)(C/C=C/c1ccccc1)CC(=O)O. The molecule has 0 amide bonds. The second-order valence-corrected chi connectivity index (χ2v) is 7.19. The van der Waals surface area contributed by atoms with Gasteiger partial charge in [-0.3, -0.25) is 4.79 Å². The van der Waals surface area contributed by atoms with E-state index in [1.165, 1.54) is 0 Å². The fraction of sp³-hybridized carbons (Fsp3) is 0.208. The maximum absolute atomic E-state index is 11.7. The first kappa shape index (κ1) is 18.9. The summed E-state index contributed by atoms with van der Waals surface area (Å²) < 4.78 is 0. The Hall–Kier alpha value is -2.91. The number of allylic oxidation sites excluding steroid dienone is 1. The second kappa shape index (κ2) is 8.19. The van der Waals surface area contributed by atoms with Crippen LogP contribution in [0.3, 0.4) is 0 Å². The molecule has 0 spiro atoms. The topological polar surface area (TPSA) is 53.9 Å². The number of fused-ring (bicyclic) bond motifs is 1. The molecule has 0 aliphatic heterocycles. The maximum atomic E-state index is 11.7. The van der Waals surface area contributed by atoms with Crippen molar-refractivity contribution in [3.63, 3.8) is 0 Å². The molecule has 0 heterocycles. The van der Waals surface area contributed by atoms with Crippen LogP contribution in [-0.4, -0.2) is 18.1 Å². The summed E-state index contributed by atoms with van der Waals surface area (Å²) in [6.07, 6.45) is 4.91. The van der Waals surface area contributed by atoms with Crippen LogP contribution < -0.4 is 5.32 Å². The molecule has 27 heavy (non-hydrogen) atoms. The Kier molecular flexibility index (Phi) is 5.72. The number of quaternary nitrogens is 1. The zero-order chi connectivity index (χ0) is 19.3. The second-order valence-electron chi connectivity index (χ2n) is 7.19. The number of benzene rings is 3. The summed E-state index contributed by atoms with van der Waals surface area (Å²) in [5, 5.41) is 14.0. The van der Waals surface area contributed by atoms with Crippen LogP contribution in [0.4, 0.5) is 5.69 Å². The van der Waals surface area contributed by atoms with Gasteiger partial charge in [0.15, 0.2) is 0 Å². The lowest BCUT2D eigenvalue weighted by molar-refractivity contribution is -0.540. The summed E-state index contributed by atoms with van der Waals surface area (Å²) in [6, 6.07) is 22.5. The molecule has 3 heteroatoms. The lowest BCUT2D eigenvalue weighted by Gasteiger charge is -2.29. The number of hydrogen-bond donors (Lipinski definition) is 2. The number of rotatable bonds is 7. The molecule has 0 bridgehead atoms. The van der Waals surface area contributed by atoms with Gasteiger partial charge in [-0.25, -0.2) is 0 Å². The fourth-order valence-electron chi connectivity index (χ4n) is 3.82. The lowest BCUT2D eigenvalue weighted by Crippen LogP contribution is -2.73. The van der Waals surface area contributed by atoms with Crippen molar-refractivity contribution < 1.29 is 15.2 Å². The summed E-state index contributed by atoms with van der Waals surface area (Å²) in [7, 11) is 2.01. The highest BCUT2D eigenvalue weighted by atomic mass is 16.4. The summed E-state index contributed by atoms with van der Waals surface area (Å²) in [5.41, 5.74) is 2.84. The molecule has 0 aromatic heterocycles. The molecule has 1 unspecified atom stereocenters. The first-order valence-electron chi connectivity index (χ1n) is 9.28. The minimum atomic E-state index is -0.777. The van der Waals surface area contributed by atoms with E-state index in [9.17, 15) is 9.90 Å². The zero-order valence-corrected chi connectivity index (χ0v) is 15.9. The van der Waals surface area contributed by atoms with Gasteiger partial charge in [0, 0.05) is 11.0 Å². The van der Waals surface area contributed by atoms with E-state index in [4.69, 9.17) is 0 Å². The maximum Gasteiger partial charge on any atom is 0.304 e. The standard InChI is InChI=1S/C24H25NO2/c1-24(17-22(26)27,16-8-11-18-9-4-3-5-10-18)23-20-13-7-6-12-19(20)14-15-21(23)25-2/h3-15,25H,16-17H2,1-2H3,(H,26,27)/p+1/b11-8+. The summed E-state index contributed by atoms with van der Waals surface area (Å²) in [6.45, 7) is 2.06. The van der Waals surface area contributed by atoms with Gasteiger partial charge in [-0.15, -0.1) is 0 Å². The molecule has 3 N–H and O–H groups in total. The van der Waals surface area contributed by atoms with Gasteiger partial charge >= 0.3 is 5.97 Å². The monoisotopic (exact) mass is 360 g/mol. The van der Waals surface area contributed by atoms with Crippen molar-refractivity contribution >= 4 is 28.5 Å². The van der Waals surface area contributed by atoms with Gasteiger partial charge in [0.2, 0.25) is 0 Å². The van der Waals surface area contributed by atoms with Gasteiger partial charge in [-0.05, 0) is 34.9 Å². The van der Waals surface area contributed by atoms with Crippen LogP contribution in [0.15, 0.2) is 72.8 Å². The van der Waals surface area contributed by atoms with E-state index in [0.717, 1.165) is 27.6 Å². The normalized spacial score (nSPS) is 13.7. The van der Waals surface area contributed by atoms with E-state index in [1.54, 1.807) is 0 Å². The Morgan fingerprint density at radius 1 is 1.04 bits per heavy atom. The van der Waals surface area contributed by atoms with Crippen LogP contribution in [-0.2, 0) is 10.2 Å². The molecule has 0 aliphatic rings. The predicted molar refractivity (Wildman–Crippen MR) is 111 cm³/mol. The van der Waals surface area contributed by atoms with Gasteiger partial charge in [0.25, 0.3) is 0 Å². The van der Waals surface area contributed by atoms with Crippen LogP contribution in [0.1, 0.15) is 30.9 Å². The Bertz CT molecular complexity index is 963. The van der Waals surface area contributed by atoms with Gasteiger partial charge in [-0.2, -0.15) is 0 Å². The molecular weight excluding hydrogens is 334 g/mol. The van der Waals surface area contributed by atoms with Crippen molar-refractivity contribution in [3.8, 4) is 0 Å². The molecule has 0 aliphatic carbocycles. The van der Waals surface area contributed by atoms with E-state index in [-0.39, 0.29) is 6.42 Å². The quantitative estimate of drug-likeness (QED) is 0.610. The molecule has 0 saturated carbocycles. The molecule has 1 atom stereocenters. The highest BCUT2D eigenvalue weighted by Gasteiger charge is 2.33. The molecule has 3 aromatic rings. The highest BCUT2D eigenvalue weighted by Crippen LogP contribution is 2.40. The van der Waals surface area contributed by atoms with E-state index in [2.05, 4.69) is 48.7 Å². The molecule has 0 fully saturated rings. The molecule has 138 valence electrons. The van der Waals surface area contributed by atoms with Gasteiger partial charge in [0.1, 0.15) is 5.69 Å².